The average Bonchev–Trinajstić information content (AvgIpc) is 2.70. The quantitative estimate of drug-likeness (QED) is 0.430. The molecule has 0 radical (unpaired) electrons. The van der Waals surface area contributed by atoms with Gasteiger partial charge in [0, 0.05) is 29.3 Å². The molecule has 0 amide bonds. The van der Waals surface area contributed by atoms with Crippen LogP contribution in [0.5, 0.6) is 0 Å². The molecular weight excluding hydrogens is 195 g/mol. The smallest absolute Gasteiger partial charge is 0.0553 e. The van der Waals surface area contributed by atoms with Gasteiger partial charge in [0.15, 0.2) is 0 Å². The highest BCUT2D eigenvalue weighted by atomic mass is 19.0. The van der Waals surface area contributed by atoms with Crippen molar-refractivity contribution in [2.75, 3.05) is 18.0 Å². The molecule has 0 fully saturated rings. The van der Waals surface area contributed by atoms with Crippen molar-refractivity contribution >= 4 is 11.4 Å². The van der Waals surface area contributed by atoms with Crippen LogP contribution in [0.4, 0.5) is 16.1 Å². The third-order valence-corrected chi connectivity index (χ3v) is 2.61. The molecule has 5 heteroatoms. The lowest BCUT2D eigenvalue weighted by Gasteiger charge is -2.19. The Kier molecular flexibility index (Phi) is 3.17. The zero-order valence-electron chi connectivity index (χ0n) is 8.77. The van der Waals surface area contributed by atoms with Crippen LogP contribution in [0.15, 0.2) is 17.2 Å². The molecule has 0 aromatic heterocycles. The van der Waals surface area contributed by atoms with Gasteiger partial charge in [-0.15, -0.1) is 0 Å². The van der Waals surface area contributed by atoms with Crippen LogP contribution < -0.4 is 4.90 Å². The third-order valence-electron chi connectivity index (χ3n) is 2.61. The minimum absolute atomic E-state index is 0. The largest absolute Gasteiger partial charge is 0.372 e. The monoisotopic (exact) mass is 208 g/mol. The molecule has 0 saturated heterocycles. The fourth-order valence-corrected chi connectivity index (χ4v) is 1.84. The molecule has 15 heavy (non-hydrogen) atoms. The van der Waals surface area contributed by atoms with Gasteiger partial charge < -0.3 is 4.90 Å². The molecule has 2 aliphatic carbocycles. The Morgan fingerprint density at radius 3 is 2.53 bits per heavy atom. The van der Waals surface area contributed by atoms with Crippen molar-refractivity contribution in [1.82, 2.24) is 0 Å². The van der Waals surface area contributed by atoms with Gasteiger partial charge in [-0.1, -0.05) is 11.2 Å². The predicted molar refractivity (Wildman–Crippen MR) is 60.3 cm³/mol. The summed E-state index contributed by atoms with van der Waals surface area (Å²) in [6.07, 6.45) is 0. The molecule has 4 nitrogen and oxygen atoms in total. The summed E-state index contributed by atoms with van der Waals surface area (Å²) >= 11 is 0. The summed E-state index contributed by atoms with van der Waals surface area (Å²) in [5.41, 5.74) is 12.6. The van der Waals surface area contributed by atoms with Gasteiger partial charge in [0.1, 0.15) is 0 Å². The molecule has 2 aliphatic rings. The van der Waals surface area contributed by atoms with Crippen LogP contribution in [0, 0.1) is 0 Å². The summed E-state index contributed by atoms with van der Waals surface area (Å²) in [4.78, 5) is 5.07. The molecule has 0 heterocycles. The van der Waals surface area contributed by atoms with Crippen LogP contribution in [-0.2, 0) is 0 Å². The van der Waals surface area contributed by atoms with Crippen LogP contribution in [0.25, 0.3) is 21.6 Å². The standard InChI is InChI=1S/C10H12N4.FH/c1-3-14(4-2)8-6-5-7-9(8)10(7)12-13-11;/h5-6H,3-4H2,1-2H3;1H. The van der Waals surface area contributed by atoms with Gasteiger partial charge in [-0.2, -0.15) is 0 Å². The topological polar surface area (TPSA) is 52.0 Å². The average molecular weight is 208 g/mol. The van der Waals surface area contributed by atoms with E-state index in [2.05, 4.69) is 34.8 Å². The minimum Gasteiger partial charge on any atom is -0.372 e. The van der Waals surface area contributed by atoms with Crippen molar-refractivity contribution in [3.05, 3.63) is 22.6 Å². The Morgan fingerprint density at radius 1 is 1.33 bits per heavy atom. The first-order valence-corrected chi connectivity index (χ1v) is 4.80. The second-order valence-electron chi connectivity index (χ2n) is 3.22. The summed E-state index contributed by atoms with van der Waals surface area (Å²) in [5, 5.41) is 3.65. The summed E-state index contributed by atoms with van der Waals surface area (Å²) in [6, 6.07) is 4.11. The van der Waals surface area contributed by atoms with Crippen molar-refractivity contribution in [3.63, 3.8) is 0 Å². The molecule has 0 unspecified atom stereocenters. The zero-order chi connectivity index (χ0) is 10.1. The summed E-state index contributed by atoms with van der Waals surface area (Å²) in [5.74, 6) is 0. The van der Waals surface area contributed by atoms with Crippen molar-refractivity contribution in [3.8, 4) is 11.1 Å². The Bertz CT molecular complexity index is 420. The Balaban J connectivity index is 0.00000112. The van der Waals surface area contributed by atoms with E-state index in [4.69, 9.17) is 5.53 Å². The second-order valence-corrected chi connectivity index (χ2v) is 3.22. The molecule has 0 saturated carbocycles. The lowest BCUT2D eigenvalue weighted by molar-refractivity contribution is 0.870. The molecule has 0 bridgehead atoms. The first-order chi connectivity index (χ1) is 6.83. The van der Waals surface area contributed by atoms with E-state index in [-0.39, 0.29) is 4.70 Å². The van der Waals surface area contributed by atoms with E-state index < -0.39 is 0 Å². The highest BCUT2D eigenvalue weighted by molar-refractivity contribution is 6.10. The van der Waals surface area contributed by atoms with Crippen LogP contribution in [0.3, 0.4) is 0 Å². The minimum atomic E-state index is 0. The molecule has 0 aliphatic heterocycles. The first-order valence-electron chi connectivity index (χ1n) is 4.80. The van der Waals surface area contributed by atoms with E-state index in [0.29, 0.717) is 0 Å². The maximum Gasteiger partial charge on any atom is 0.0553 e. The van der Waals surface area contributed by atoms with E-state index in [1.54, 1.807) is 0 Å². The molecule has 0 spiro atoms. The number of rotatable bonds is 4. The number of hydrogen-bond donors (Lipinski definition) is 0. The van der Waals surface area contributed by atoms with E-state index in [1.807, 2.05) is 6.07 Å². The molecule has 0 atom stereocenters. The number of benzene rings is 1. The second kappa shape index (κ2) is 4.19. The highest BCUT2D eigenvalue weighted by Gasteiger charge is 2.28. The first kappa shape index (κ1) is 11.3. The molecule has 0 aromatic carbocycles. The van der Waals surface area contributed by atoms with E-state index in [9.17, 15) is 0 Å². The third kappa shape index (κ3) is 1.62. The van der Waals surface area contributed by atoms with E-state index in [0.717, 1.165) is 29.9 Å². The number of anilines is 1. The molecule has 0 N–H and O–H groups in total. The van der Waals surface area contributed by atoms with Crippen molar-refractivity contribution in [1.29, 1.82) is 0 Å². The fraction of sp³-hybridized carbons (Fsp3) is 0.400. The number of azide groups is 1. The summed E-state index contributed by atoms with van der Waals surface area (Å²) in [6.45, 7) is 6.21. The molecule has 2 rings (SSSR count). The zero-order valence-corrected chi connectivity index (χ0v) is 8.77. The van der Waals surface area contributed by atoms with Crippen LogP contribution in [0.1, 0.15) is 13.8 Å². The fourth-order valence-electron chi connectivity index (χ4n) is 1.84. The molecule has 0 aromatic rings. The number of hydrogen-bond acceptors (Lipinski definition) is 2. The van der Waals surface area contributed by atoms with Crippen molar-refractivity contribution in [2.45, 2.75) is 13.8 Å². The van der Waals surface area contributed by atoms with Gasteiger partial charge in [0.05, 0.1) is 5.69 Å². The Morgan fingerprint density at radius 2 is 2.00 bits per heavy atom. The van der Waals surface area contributed by atoms with Crippen LogP contribution >= 0.6 is 0 Å². The van der Waals surface area contributed by atoms with Crippen molar-refractivity contribution < 1.29 is 4.70 Å². The lowest BCUT2D eigenvalue weighted by Crippen LogP contribution is -2.21. The number of fused-ring (bicyclic) bond motifs is 1. The number of nitrogens with zero attached hydrogens (tertiary/aromatic N) is 4. The van der Waals surface area contributed by atoms with E-state index >= 15 is 0 Å². The molecular formula is C10H13FN4. The summed E-state index contributed by atoms with van der Waals surface area (Å²) in [7, 11) is 0. The highest BCUT2D eigenvalue weighted by Crippen LogP contribution is 2.57. The van der Waals surface area contributed by atoms with Crippen LogP contribution in [-0.4, -0.2) is 13.1 Å². The number of halogens is 1. The van der Waals surface area contributed by atoms with Gasteiger partial charge in [0.2, 0.25) is 0 Å². The SMILES string of the molecule is CCN(CC)c1ccc2c(N=[N+]=[N-])c1-2.F. The molecule has 80 valence electrons. The normalized spacial score (nSPS) is 10.0. The maximum absolute atomic E-state index is 8.33. The Hall–Kier alpha value is -1.74. The predicted octanol–water partition coefficient (Wildman–Crippen LogP) is 3.61. The lowest BCUT2D eigenvalue weighted by atomic mass is 10.3. The maximum atomic E-state index is 8.33. The van der Waals surface area contributed by atoms with E-state index in [1.165, 1.54) is 5.69 Å². The Labute approximate surface area is 87.5 Å². The van der Waals surface area contributed by atoms with Gasteiger partial charge in [-0.3, -0.25) is 4.70 Å². The van der Waals surface area contributed by atoms with Gasteiger partial charge in [-0.05, 0) is 31.0 Å². The van der Waals surface area contributed by atoms with Crippen molar-refractivity contribution in [2.24, 2.45) is 5.11 Å². The van der Waals surface area contributed by atoms with Crippen LogP contribution in [0.2, 0.25) is 0 Å². The van der Waals surface area contributed by atoms with Gasteiger partial charge >= 0.3 is 0 Å². The van der Waals surface area contributed by atoms with Gasteiger partial charge in [0.25, 0.3) is 0 Å². The van der Waals surface area contributed by atoms with Gasteiger partial charge in [-0.25, -0.2) is 0 Å². The summed E-state index contributed by atoms with van der Waals surface area (Å²) < 4.78 is 0.